The van der Waals surface area contributed by atoms with Crippen LogP contribution in [0.15, 0.2) is 61.3 Å². The van der Waals surface area contributed by atoms with Crippen LogP contribution in [0.4, 0.5) is 0 Å². The Bertz CT molecular complexity index is 905. The van der Waals surface area contributed by atoms with Crippen LogP contribution in [0.25, 0.3) is 11.1 Å². The van der Waals surface area contributed by atoms with Gasteiger partial charge in [-0.15, -0.1) is 0 Å². The molecule has 1 aliphatic heterocycles. The third-order valence-electron chi connectivity index (χ3n) is 5.27. The number of hydrogen-bond acceptors (Lipinski definition) is 3. The summed E-state index contributed by atoms with van der Waals surface area (Å²) in [4.78, 5) is 24.0. The average molecular weight is 360 g/mol. The van der Waals surface area contributed by atoms with E-state index in [0.717, 1.165) is 54.9 Å². The second-order valence-electron chi connectivity index (χ2n) is 7.20. The number of benzene rings is 1. The second-order valence-corrected chi connectivity index (χ2v) is 7.20. The van der Waals surface area contributed by atoms with Crippen molar-refractivity contribution in [1.29, 1.82) is 0 Å². The van der Waals surface area contributed by atoms with Gasteiger partial charge in [0.2, 0.25) is 0 Å². The van der Waals surface area contributed by atoms with Crippen molar-refractivity contribution >= 4 is 5.91 Å². The normalized spacial score (nSPS) is 17.1. The number of carbonyl (C=O) groups is 1. The molecule has 1 fully saturated rings. The van der Waals surface area contributed by atoms with Gasteiger partial charge in [-0.25, -0.2) is 4.98 Å². The number of carbonyl (C=O) groups excluding carboxylic acids is 1. The lowest BCUT2D eigenvalue weighted by Gasteiger charge is -2.33. The maximum absolute atomic E-state index is 13.4. The molecule has 4 rings (SSSR count). The van der Waals surface area contributed by atoms with Gasteiger partial charge in [0.1, 0.15) is 0 Å². The Balaban J connectivity index is 1.59. The average Bonchev–Trinajstić information content (AvgIpc) is 3.21. The van der Waals surface area contributed by atoms with Crippen LogP contribution in [0, 0.1) is 12.8 Å². The van der Waals surface area contributed by atoms with E-state index in [1.54, 1.807) is 12.4 Å². The fourth-order valence-corrected chi connectivity index (χ4v) is 3.94. The van der Waals surface area contributed by atoms with Crippen molar-refractivity contribution in [3.05, 3.63) is 72.6 Å². The molecule has 27 heavy (non-hydrogen) atoms. The summed E-state index contributed by atoms with van der Waals surface area (Å²) in [6.45, 7) is 4.41. The third-order valence-corrected chi connectivity index (χ3v) is 5.27. The Hall–Kier alpha value is -2.95. The van der Waals surface area contributed by atoms with E-state index in [1.165, 1.54) is 0 Å². The van der Waals surface area contributed by atoms with E-state index >= 15 is 0 Å². The molecule has 3 heterocycles. The van der Waals surface area contributed by atoms with Gasteiger partial charge in [-0.3, -0.25) is 9.78 Å². The van der Waals surface area contributed by atoms with Crippen molar-refractivity contribution < 1.29 is 4.79 Å². The molecule has 1 saturated heterocycles. The number of amides is 1. The van der Waals surface area contributed by atoms with Crippen molar-refractivity contribution in [2.24, 2.45) is 5.92 Å². The number of aryl methyl sites for hydroxylation is 1. The standard InChI is InChI=1S/C22H24N4O/c1-17-21(20(9-10-24-17)19-7-3-2-4-8-19)22(27)26-12-5-6-18(15-26)14-25-13-11-23-16-25/h2-4,7-11,13,16,18H,5-6,12,14-15H2,1H3. The highest BCUT2D eigenvalue weighted by atomic mass is 16.2. The topological polar surface area (TPSA) is 51.0 Å². The molecule has 0 bridgehead atoms. The molecule has 0 N–H and O–H groups in total. The summed E-state index contributed by atoms with van der Waals surface area (Å²) >= 11 is 0. The van der Waals surface area contributed by atoms with E-state index in [9.17, 15) is 4.79 Å². The molecule has 1 amide bonds. The van der Waals surface area contributed by atoms with Crippen LogP contribution in [0.2, 0.25) is 0 Å². The predicted octanol–water partition coefficient (Wildman–Crippen LogP) is 3.81. The van der Waals surface area contributed by atoms with E-state index in [0.29, 0.717) is 5.92 Å². The predicted molar refractivity (Wildman–Crippen MR) is 105 cm³/mol. The molecule has 0 aliphatic carbocycles. The minimum Gasteiger partial charge on any atom is -0.338 e. The molecule has 1 aliphatic rings. The van der Waals surface area contributed by atoms with Crippen LogP contribution in [-0.4, -0.2) is 38.4 Å². The number of pyridine rings is 1. The molecule has 5 nitrogen and oxygen atoms in total. The Kier molecular flexibility index (Phi) is 5.01. The maximum Gasteiger partial charge on any atom is 0.256 e. The van der Waals surface area contributed by atoms with E-state index in [1.807, 2.05) is 60.7 Å². The van der Waals surface area contributed by atoms with Crippen molar-refractivity contribution in [2.75, 3.05) is 13.1 Å². The van der Waals surface area contributed by atoms with E-state index in [4.69, 9.17) is 0 Å². The van der Waals surface area contributed by atoms with Gasteiger partial charge in [-0.2, -0.15) is 0 Å². The summed E-state index contributed by atoms with van der Waals surface area (Å²) in [5.74, 6) is 0.545. The van der Waals surface area contributed by atoms with Gasteiger partial charge in [0.25, 0.3) is 5.91 Å². The SMILES string of the molecule is Cc1nccc(-c2ccccc2)c1C(=O)N1CCCC(Cn2ccnc2)C1. The Morgan fingerprint density at radius 3 is 2.81 bits per heavy atom. The number of aromatic nitrogens is 3. The van der Waals surface area contributed by atoms with Crippen LogP contribution in [0.3, 0.4) is 0 Å². The fourth-order valence-electron chi connectivity index (χ4n) is 3.94. The van der Waals surface area contributed by atoms with Gasteiger partial charge < -0.3 is 9.47 Å². The molecule has 138 valence electrons. The first-order valence-corrected chi connectivity index (χ1v) is 9.48. The molecular weight excluding hydrogens is 336 g/mol. The molecule has 1 aromatic carbocycles. The molecule has 0 spiro atoms. The van der Waals surface area contributed by atoms with Gasteiger partial charge >= 0.3 is 0 Å². The summed E-state index contributed by atoms with van der Waals surface area (Å²) in [6, 6.07) is 12.0. The summed E-state index contributed by atoms with van der Waals surface area (Å²) in [6.07, 6.45) is 9.59. The zero-order valence-electron chi connectivity index (χ0n) is 15.6. The van der Waals surface area contributed by atoms with Gasteiger partial charge in [0.15, 0.2) is 0 Å². The molecule has 0 radical (unpaired) electrons. The van der Waals surface area contributed by atoms with Gasteiger partial charge in [-0.1, -0.05) is 30.3 Å². The molecule has 1 unspecified atom stereocenters. The quantitative estimate of drug-likeness (QED) is 0.711. The number of likely N-dealkylation sites (tertiary alicyclic amines) is 1. The lowest BCUT2D eigenvalue weighted by Crippen LogP contribution is -2.41. The van der Waals surface area contributed by atoms with Crippen LogP contribution in [0.1, 0.15) is 28.9 Å². The highest BCUT2D eigenvalue weighted by Gasteiger charge is 2.27. The van der Waals surface area contributed by atoms with E-state index < -0.39 is 0 Å². The molecule has 5 heteroatoms. The largest absolute Gasteiger partial charge is 0.338 e. The first-order valence-electron chi connectivity index (χ1n) is 9.48. The molecule has 2 aromatic heterocycles. The molecular formula is C22H24N4O. The summed E-state index contributed by atoms with van der Waals surface area (Å²) in [5.41, 5.74) is 3.54. The zero-order chi connectivity index (χ0) is 18.6. The molecule has 3 aromatic rings. The van der Waals surface area contributed by atoms with Crippen LogP contribution in [-0.2, 0) is 6.54 Å². The lowest BCUT2D eigenvalue weighted by molar-refractivity contribution is 0.0662. The van der Waals surface area contributed by atoms with Gasteiger partial charge in [-0.05, 0) is 42.9 Å². The second kappa shape index (κ2) is 7.74. The van der Waals surface area contributed by atoms with Crippen molar-refractivity contribution in [2.45, 2.75) is 26.3 Å². The van der Waals surface area contributed by atoms with Crippen molar-refractivity contribution in [3.63, 3.8) is 0 Å². The van der Waals surface area contributed by atoms with Crippen LogP contribution < -0.4 is 0 Å². The fraction of sp³-hybridized carbons (Fsp3) is 0.318. The maximum atomic E-state index is 13.4. The number of hydrogen-bond donors (Lipinski definition) is 0. The van der Waals surface area contributed by atoms with Gasteiger partial charge in [0, 0.05) is 38.2 Å². The number of piperidine rings is 1. The summed E-state index contributed by atoms with van der Waals surface area (Å²) < 4.78 is 2.10. The van der Waals surface area contributed by atoms with E-state index in [2.05, 4.69) is 14.5 Å². The van der Waals surface area contributed by atoms with Crippen LogP contribution >= 0.6 is 0 Å². The lowest BCUT2D eigenvalue weighted by atomic mass is 9.94. The van der Waals surface area contributed by atoms with Crippen molar-refractivity contribution in [3.8, 4) is 11.1 Å². The molecule has 1 atom stereocenters. The summed E-state index contributed by atoms with van der Waals surface area (Å²) in [5, 5.41) is 0. The Labute approximate surface area is 159 Å². The van der Waals surface area contributed by atoms with Gasteiger partial charge in [0.05, 0.1) is 17.6 Å². The first kappa shape index (κ1) is 17.5. The van der Waals surface area contributed by atoms with E-state index in [-0.39, 0.29) is 5.91 Å². The number of imidazole rings is 1. The summed E-state index contributed by atoms with van der Waals surface area (Å²) in [7, 11) is 0. The van der Waals surface area contributed by atoms with Crippen molar-refractivity contribution in [1.82, 2.24) is 19.4 Å². The zero-order valence-corrected chi connectivity index (χ0v) is 15.6. The highest BCUT2D eigenvalue weighted by molar-refractivity contribution is 6.01. The minimum atomic E-state index is 0.0924. The van der Waals surface area contributed by atoms with Crippen LogP contribution in [0.5, 0.6) is 0 Å². The Morgan fingerprint density at radius 2 is 2.04 bits per heavy atom. The third kappa shape index (κ3) is 3.77. The monoisotopic (exact) mass is 360 g/mol. The smallest absolute Gasteiger partial charge is 0.256 e. The Morgan fingerprint density at radius 1 is 1.19 bits per heavy atom. The highest BCUT2D eigenvalue weighted by Crippen LogP contribution is 2.28. The molecule has 0 saturated carbocycles. The minimum absolute atomic E-state index is 0.0924. The first-order chi connectivity index (χ1) is 13.2. The number of rotatable bonds is 4. The number of nitrogens with zero attached hydrogens (tertiary/aromatic N) is 4.